The lowest BCUT2D eigenvalue weighted by Gasteiger charge is -2.16. The fourth-order valence-electron chi connectivity index (χ4n) is 2.31. The summed E-state index contributed by atoms with van der Waals surface area (Å²) in [6.07, 6.45) is 3.99. The van der Waals surface area contributed by atoms with Crippen molar-refractivity contribution in [3.8, 4) is 0 Å². The molecular formula is C16H18N3O3. The summed E-state index contributed by atoms with van der Waals surface area (Å²) in [5, 5.41) is 6.06. The highest BCUT2D eigenvalue weighted by atomic mass is 16.2. The van der Waals surface area contributed by atoms with Gasteiger partial charge in [0.25, 0.3) is 0 Å². The summed E-state index contributed by atoms with van der Waals surface area (Å²) in [7, 11) is 0. The van der Waals surface area contributed by atoms with Crippen LogP contribution in [0.4, 0.5) is 0 Å². The Morgan fingerprint density at radius 2 is 2.00 bits per heavy atom. The summed E-state index contributed by atoms with van der Waals surface area (Å²) < 4.78 is 0. The van der Waals surface area contributed by atoms with E-state index < -0.39 is 18.0 Å². The highest BCUT2D eigenvalue weighted by Gasteiger charge is 2.19. The Bertz CT molecular complexity index is 693. The molecule has 22 heavy (non-hydrogen) atoms. The number of amides is 2. The molecule has 1 heterocycles. The fraction of sp³-hybridized carbons (Fsp3) is 0.312. The van der Waals surface area contributed by atoms with Gasteiger partial charge in [-0.05, 0) is 18.6 Å². The van der Waals surface area contributed by atoms with Gasteiger partial charge in [0.15, 0.2) is 0 Å². The van der Waals surface area contributed by atoms with Gasteiger partial charge in [-0.1, -0.05) is 18.2 Å². The Morgan fingerprint density at radius 1 is 1.27 bits per heavy atom. The van der Waals surface area contributed by atoms with Crippen molar-refractivity contribution in [1.29, 1.82) is 0 Å². The number of hydrogen-bond acceptors (Lipinski definition) is 3. The first kappa shape index (κ1) is 15.8. The second-order valence-electron chi connectivity index (χ2n) is 5.16. The number of hydrogen-bond donors (Lipinski definition) is 3. The zero-order valence-corrected chi connectivity index (χ0v) is 12.5. The van der Waals surface area contributed by atoms with Gasteiger partial charge in [0.1, 0.15) is 6.04 Å². The minimum atomic E-state index is -0.761. The first-order valence-electron chi connectivity index (χ1n) is 7.01. The standard InChI is InChI=1S/C16H18N3O3/c1-10(18-11(2)21)16(22)19-13(9-20)7-12-8-17-15-6-4-3-5-14(12)15/h3-6,8,10,13,17H,7H2,1-2H3,(H,18,21)(H,19,22)/t10-,13-/m0/s1. The molecule has 0 bridgehead atoms. The molecule has 1 aromatic carbocycles. The third kappa shape index (κ3) is 3.72. The van der Waals surface area contributed by atoms with Crippen molar-refractivity contribution < 1.29 is 14.4 Å². The molecule has 0 aliphatic rings. The van der Waals surface area contributed by atoms with E-state index in [1.165, 1.54) is 6.92 Å². The predicted molar refractivity (Wildman–Crippen MR) is 82.9 cm³/mol. The molecule has 2 aromatic rings. The SMILES string of the molecule is CC(=O)N[C@@H](C)C(=O)N[C@H]([C]=O)Cc1c[nH]c2ccccc12. The van der Waals surface area contributed by atoms with Crippen LogP contribution >= 0.6 is 0 Å². The van der Waals surface area contributed by atoms with Gasteiger partial charge < -0.3 is 15.6 Å². The van der Waals surface area contributed by atoms with Crippen molar-refractivity contribution in [1.82, 2.24) is 15.6 Å². The molecule has 2 rings (SSSR count). The van der Waals surface area contributed by atoms with Crippen LogP contribution in [-0.2, 0) is 20.8 Å². The minimum Gasteiger partial charge on any atom is -0.361 e. The fourth-order valence-corrected chi connectivity index (χ4v) is 2.31. The van der Waals surface area contributed by atoms with Crippen molar-refractivity contribution in [3.05, 3.63) is 36.0 Å². The van der Waals surface area contributed by atoms with Crippen LogP contribution in [0.2, 0.25) is 0 Å². The summed E-state index contributed by atoms with van der Waals surface area (Å²) in [5.74, 6) is -0.714. The number of carbonyl (C=O) groups excluding carboxylic acids is 3. The number of para-hydroxylation sites is 1. The summed E-state index contributed by atoms with van der Waals surface area (Å²) in [6, 6.07) is 6.26. The summed E-state index contributed by atoms with van der Waals surface area (Å²) in [5.41, 5.74) is 1.90. The number of fused-ring (bicyclic) bond motifs is 1. The molecule has 0 aliphatic heterocycles. The Balaban J connectivity index is 2.05. The number of aromatic amines is 1. The van der Waals surface area contributed by atoms with Gasteiger partial charge in [0.2, 0.25) is 18.1 Å². The van der Waals surface area contributed by atoms with E-state index in [9.17, 15) is 14.4 Å². The van der Waals surface area contributed by atoms with Gasteiger partial charge in [-0.15, -0.1) is 0 Å². The topological polar surface area (TPSA) is 91.1 Å². The van der Waals surface area contributed by atoms with Gasteiger partial charge in [-0.25, -0.2) is 0 Å². The summed E-state index contributed by atoms with van der Waals surface area (Å²) in [4.78, 5) is 37.1. The highest BCUT2D eigenvalue weighted by molar-refractivity contribution is 5.88. The second kappa shape index (κ2) is 6.89. The van der Waals surface area contributed by atoms with Crippen LogP contribution < -0.4 is 10.6 Å². The highest BCUT2D eigenvalue weighted by Crippen LogP contribution is 2.18. The molecule has 6 heteroatoms. The number of H-pyrrole nitrogens is 1. The summed E-state index contributed by atoms with van der Waals surface area (Å²) in [6.45, 7) is 2.89. The van der Waals surface area contributed by atoms with Crippen LogP contribution in [0.1, 0.15) is 19.4 Å². The molecule has 1 radical (unpaired) electrons. The first-order chi connectivity index (χ1) is 10.5. The van der Waals surface area contributed by atoms with Crippen LogP contribution in [-0.4, -0.2) is 35.2 Å². The molecule has 0 saturated carbocycles. The Labute approximate surface area is 128 Å². The number of aromatic nitrogens is 1. The van der Waals surface area contributed by atoms with E-state index in [-0.39, 0.29) is 5.91 Å². The molecule has 0 aliphatic carbocycles. The van der Waals surface area contributed by atoms with Crippen LogP contribution in [0.3, 0.4) is 0 Å². The molecule has 115 valence electrons. The predicted octanol–water partition coefficient (Wildman–Crippen LogP) is 0.830. The molecule has 2 atom stereocenters. The van der Waals surface area contributed by atoms with Crippen molar-refractivity contribution in [2.24, 2.45) is 0 Å². The number of benzene rings is 1. The Kier molecular flexibility index (Phi) is 4.93. The quantitative estimate of drug-likeness (QED) is 0.738. The van der Waals surface area contributed by atoms with Crippen molar-refractivity contribution in [3.63, 3.8) is 0 Å². The van der Waals surface area contributed by atoms with Crippen molar-refractivity contribution >= 4 is 29.0 Å². The van der Waals surface area contributed by atoms with Gasteiger partial charge in [-0.2, -0.15) is 0 Å². The first-order valence-corrected chi connectivity index (χ1v) is 7.01. The summed E-state index contributed by atoms with van der Waals surface area (Å²) >= 11 is 0. The van der Waals surface area contributed by atoms with Gasteiger partial charge in [-0.3, -0.25) is 14.4 Å². The van der Waals surface area contributed by atoms with E-state index in [1.54, 1.807) is 6.92 Å². The van der Waals surface area contributed by atoms with Gasteiger partial charge >= 0.3 is 0 Å². The van der Waals surface area contributed by atoms with Crippen molar-refractivity contribution in [2.45, 2.75) is 32.4 Å². The molecule has 1 aromatic heterocycles. The maximum absolute atomic E-state index is 11.9. The lowest BCUT2D eigenvalue weighted by molar-refractivity contribution is -0.127. The zero-order chi connectivity index (χ0) is 16.1. The van der Waals surface area contributed by atoms with E-state index >= 15 is 0 Å². The molecule has 2 amide bonds. The lowest BCUT2D eigenvalue weighted by Crippen LogP contribution is -2.48. The van der Waals surface area contributed by atoms with Crippen LogP contribution in [0.15, 0.2) is 30.5 Å². The van der Waals surface area contributed by atoms with E-state index in [2.05, 4.69) is 15.6 Å². The third-order valence-corrected chi connectivity index (χ3v) is 3.37. The average molecular weight is 300 g/mol. The molecule has 3 N–H and O–H groups in total. The van der Waals surface area contributed by atoms with E-state index in [4.69, 9.17) is 0 Å². The molecule has 0 saturated heterocycles. The lowest BCUT2D eigenvalue weighted by atomic mass is 10.1. The average Bonchev–Trinajstić information content (AvgIpc) is 2.89. The largest absolute Gasteiger partial charge is 0.361 e. The number of carbonyl (C=O) groups is 2. The van der Waals surface area contributed by atoms with E-state index in [0.29, 0.717) is 6.42 Å². The number of nitrogens with one attached hydrogen (secondary N) is 3. The Morgan fingerprint density at radius 3 is 2.68 bits per heavy atom. The maximum Gasteiger partial charge on any atom is 0.242 e. The monoisotopic (exact) mass is 300 g/mol. The molecule has 0 spiro atoms. The van der Waals surface area contributed by atoms with E-state index in [0.717, 1.165) is 16.5 Å². The Hall–Kier alpha value is -2.63. The minimum absolute atomic E-state index is 0.300. The third-order valence-electron chi connectivity index (χ3n) is 3.37. The number of rotatable bonds is 6. The van der Waals surface area contributed by atoms with Gasteiger partial charge in [0.05, 0.1) is 6.04 Å². The molecule has 0 unspecified atom stereocenters. The van der Waals surface area contributed by atoms with Crippen LogP contribution in [0.5, 0.6) is 0 Å². The van der Waals surface area contributed by atoms with E-state index in [1.807, 2.05) is 36.7 Å². The van der Waals surface area contributed by atoms with Crippen molar-refractivity contribution in [2.75, 3.05) is 0 Å². The smallest absolute Gasteiger partial charge is 0.242 e. The zero-order valence-electron chi connectivity index (χ0n) is 12.5. The van der Waals surface area contributed by atoms with Gasteiger partial charge in [0, 0.05) is 30.4 Å². The molecule has 6 nitrogen and oxygen atoms in total. The molecule has 0 fully saturated rings. The van der Waals surface area contributed by atoms with Crippen LogP contribution in [0, 0.1) is 0 Å². The normalized spacial score (nSPS) is 13.4. The van der Waals surface area contributed by atoms with Crippen LogP contribution in [0.25, 0.3) is 10.9 Å². The molecular weight excluding hydrogens is 282 g/mol. The maximum atomic E-state index is 11.9. The second-order valence-corrected chi connectivity index (χ2v) is 5.16.